The van der Waals surface area contributed by atoms with Crippen molar-refractivity contribution < 1.29 is 27.1 Å². The Morgan fingerprint density at radius 2 is 1.81 bits per heavy atom. The number of para-hydroxylation sites is 1. The van der Waals surface area contributed by atoms with Gasteiger partial charge >= 0.3 is 5.97 Å². The van der Waals surface area contributed by atoms with Crippen LogP contribution in [0.4, 0.5) is 10.1 Å². The quantitative estimate of drug-likeness (QED) is 0.732. The SMILES string of the molecule is CNS(=O)(=O)c1ccc(F)c(C(=O)OC(C)C(=O)Nc2ccccc2C)c1. The van der Waals surface area contributed by atoms with Crippen LogP contribution in [0.3, 0.4) is 0 Å². The molecule has 1 unspecified atom stereocenters. The van der Waals surface area contributed by atoms with E-state index in [0.29, 0.717) is 5.69 Å². The fourth-order valence-corrected chi connectivity index (χ4v) is 2.93. The number of benzene rings is 2. The summed E-state index contributed by atoms with van der Waals surface area (Å²) in [6, 6.07) is 9.76. The van der Waals surface area contributed by atoms with Crippen LogP contribution >= 0.6 is 0 Å². The van der Waals surface area contributed by atoms with E-state index in [4.69, 9.17) is 4.74 Å². The summed E-state index contributed by atoms with van der Waals surface area (Å²) in [5.41, 5.74) is 0.793. The van der Waals surface area contributed by atoms with Crippen LogP contribution in [0.25, 0.3) is 0 Å². The van der Waals surface area contributed by atoms with E-state index >= 15 is 0 Å². The van der Waals surface area contributed by atoms with E-state index in [9.17, 15) is 22.4 Å². The van der Waals surface area contributed by atoms with E-state index in [-0.39, 0.29) is 4.90 Å². The van der Waals surface area contributed by atoms with Gasteiger partial charge in [0.05, 0.1) is 10.5 Å². The highest BCUT2D eigenvalue weighted by Crippen LogP contribution is 2.18. The molecule has 0 aliphatic carbocycles. The van der Waals surface area contributed by atoms with Crippen LogP contribution in [0.15, 0.2) is 47.4 Å². The largest absolute Gasteiger partial charge is 0.449 e. The summed E-state index contributed by atoms with van der Waals surface area (Å²) >= 11 is 0. The maximum atomic E-state index is 13.9. The minimum absolute atomic E-state index is 0.296. The van der Waals surface area contributed by atoms with Crippen LogP contribution in [-0.2, 0) is 19.6 Å². The lowest BCUT2D eigenvalue weighted by molar-refractivity contribution is -0.123. The molecule has 0 bridgehead atoms. The van der Waals surface area contributed by atoms with Gasteiger partial charge in [-0.3, -0.25) is 4.79 Å². The molecule has 2 rings (SSSR count). The molecule has 0 spiro atoms. The van der Waals surface area contributed by atoms with Crippen LogP contribution in [-0.4, -0.2) is 33.4 Å². The minimum Gasteiger partial charge on any atom is -0.449 e. The number of rotatable bonds is 6. The Morgan fingerprint density at radius 1 is 1.15 bits per heavy atom. The molecule has 9 heteroatoms. The number of hydrogen-bond donors (Lipinski definition) is 2. The van der Waals surface area contributed by atoms with Gasteiger partial charge < -0.3 is 10.1 Å². The number of esters is 1. The Kier molecular flexibility index (Phi) is 6.29. The fourth-order valence-electron chi connectivity index (χ4n) is 2.17. The molecule has 0 fully saturated rings. The van der Waals surface area contributed by atoms with Gasteiger partial charge in [-0.15, -0.1) is 0 Å². The standard InChI is InChI=1S/C18H19FN2O5S/c1-11-6-4-5-7-16(11)21-17(22)12(2)26-18(23)14-10-13(8-9-15(14)19)27(24,25)20-3/h4-10,12,20H,1-3H3,(H,21,22). The molecule has 0 saturated carbocycles. The van der Waals surface area contributed by atoms with Gasteiger partial charge in [0, 0.05) is 5.69 Å². The molecule has 0 aliphatic rings. The van der Waals surface area contributed by atoms with Crippen LogP contribution < -0.4 is 10.0 Å². The number of nitrogens with one attached hydrogen (secondary N) is 2. The molecule has 144 valence electrons. The Bertz CT molecular complexity index is 975. The molecule has 0 aliphatic heterocycles. The Hall–Kier alpha value is -2.78. The zero-order chi connectivity index (χ0) is 20.2. The molecule has 0 aromatic heterocycles. The first-order valence-corrected chi connectivity index (χ1v) is 9.44. The predicted octanol–water partition coefficient (Wildman–Crippen LogP) is 2.23. The predicted molar refractivity (Wildman–Crippen MR) is 97.3 cm³/mol. The summed E-state index contributed by atoms with van der Waals surface area (Å²) in [7, 11) is -2.68. The Morgan fingerprint density at radius 3 is 2.44 bits per heavy atom. The number of halogens is 1. The molecule has 0 heterocycles. The molecule has 2 aromatic rings. The Labute approximate surface area is 156 Å². The molecule has 0 radical (unpaired) electrons. The van der Waals surface area contributed by atoms with Crippen molar-refractivity contribution in [2.45, 2.75) is 24.8 Å². The number of aryl methyl sites for hydroxylation is 1. The maximum Gasteiger partial charge on any atom is 0.341 e. The van der Waals surface area contributed by atoms with Gasteiger partial charge in [-0.1, -0.05) is 18.2 Å². The first-order chi connectivity index (χ1) is 12.7. The van der Waals surface area contributed by atoms with Gasteiger partial charge in [-0.2, -0.15) is 0 Å². The number of hydrogen-bond acceptors (Lipinski definition) is 5. The average Bonchev–Trinajstić information content (AvgIpc) is 2.63. The monoisotopic (exact) mass is 394 g/mol. The third-order valence-corrected chi connectivity index (χ3v) is 5.20. The molecule has 1 atom stereocenters. The second-order valence-electron chi connectivity index (χ2n) is 5.70. The lowest BCUT2D eigenvalue weighted by atomic mass is 10.2. The van der Waals surface area contributed by atoms with Crippen LogP contribution in [0.1, 0.15) is 22.8 Å². The summed E-state index contributed by atoms with van der Waals surface area (Å²) < 4.78 is 44.6. The molecule has 27 heavy (non-hydrogen) atoms. The summed E-state index contributed by atoms with van der Waals surface area (Å²) in [6.07, 6.45) is -1.22. The second-order valence-corrected chi connectivity index (χ2v) is 7.59. The third kappa shape index (κ3) is 4.89. The van der Waals surface area contributed by atoms with Crippen molar-refractivity contribution in [3.05, 3.63) is 59.4 Å². The van der Waals surface area contributed by atoms with Gasteiger partial charge in [0.1, 0.15) is 5.82 Å². The van der Waals surface area contributed by atoms with Crippen molar-refractivity contribution in [3.8, 4) is 0 Å². The van der Waals surface area contributed by atoms with Gasteiger partial charge in [0.25, 0.3) is 5.91 Å². The zero-order valence-electron chi connectivity index (χ0n) is 14.9. The van der Waals surface area contributed by atoms with E-state index in [1.165, 1.54) is 14.0 Å². The van der Waals surface area contributed by atoms with Crippen molar-refractivity contribution in [2.24, 2.45) is 0 Å². The summed E-state index contributed by atoms with van der Waals surface area (Å²) in [5, 5.41) is 2.61. The van der Waals surface area contributed by atoms with Gasteiger partial charge in [-0.05, 0) is 50.7 Å². The van der Waals surface area contributed by atoms with Crippen LogP contribution in [0.2, 0.25) is 0 Å². The van der Waals surface area contributed by atoms with Gasteiger partial charge in [-0.25, -0.2) is 22.3 Å². The van der Waals surface area contributed by atoms with E-state index in [1.807, 2.05) is 6.07 Å². The first-order valence-electron chi connectivity index (χ1n) is 7.96. The lowest BCUT2D eigenvalue weighted by Crippen LogP contribution is -2.30. The highest BCUT2D eigenvalue weighted by atomic mass is 32.2. The number of carbonyl (C=O) groups is 2. The molecular formula is C18H19FN2O5S. The Balaban J connectivity index is 2.15. The highest BCUT2D eigenvalue weighted by Gasteiger charge is 2.23. The van der Waals surface area contributed by atoms with Crippen molar-refractivity contribution in [3.63, 3.8) is 0 Å². The third-order valence-electron chi connectivity index (χ3n) is 3.79. The zero-order valence-corrected chi connectivity index (χ0v) is 15.8. The smallest absolute Gasteiger partial charge is 0.341 e. The van der Waals surface area contributed by atoms with Crippen LogP contribution in [0.5, 0.6) is 0 Å². The number of amides is 1. The lowest BCUT2D eigenvalue weighted by Gasteiger charge is -2.15. The number of anilines is 1. The topological polar surface area (TPSA) is 102 Å². The molecular weight excluding hydrogens is 375 g/mol. The highest BCUT2D eigenvalue weighted by molar-refractivity contribution is 7.89. The normalized spacial score (nSPS) is 12.3. The summed E-state index contributed by atoms with van der Waals surface area (Å²) in [4.78, 5) is 24.1. The van der Waals surface area contributed by atoms with Crippen molar-refractivity contribution in [2.75, 3.05) is 12.4 Å². The van der Waals surface area contributed by atoms with Crippen molar-refractivity contribution >= 4 is 27.6 Å². The number of sulfonamides is 1. The van der Waals surface area contributed by atoms with Crippen molar-refractivity contribution in [1.82, 2.24) is 4.72 Å². The fraction of sp³-hybridized carbons (Fsp3) is 0.222. The van der Waals surface area contributed by atoms with Crippen LogP contribution in [0, 0.1) is 12.7 Å². The number of ether oxygens (including phenoxy) is 1. The maximum absolute atomic E-state index is 13.9. The van der Waals surface area contributed by atoms with Crippen molar-refractivity contribution in [1.29, 1.82) is 0 Å². The van der Waals surface area contributed by atoms with E-state index in [1.54, 1.807) is 25.1 Å². The summed E-state index contributed by atoms with van der Waals surface area (Å²) in [6.45, 7) is 3.13. The van der Waals surface area contributed by atoms with Gasteiger partial charge in [0.2, 0.25) is 10.0 Å². The molecule has 0 saturated heterocycles. The first kappa shape index (κ1) is 20.5. The minimum atomic E-state index is -3.86. The average molecular weight is 394 g/mol. The van der Waals surface area contributed by atoms with E-state index in [0.717, 1.165) is 23.8 Å². The van der Waals surface area contributed by atoms with E-state index < -0.39 is 39.4 Å². The van der Waals surface area contributed by atoms with Gasteiger partial charge in [0.15, 0.2) is 6.10 Å². The van der Waals surface area contributed by atoms with E-state index in [2.05, 4.69) is 10.0 Å². The molecule has 7 nitrogen and oxygen atoms in total. The second kappa shape index (κ2) is 8.28. The molecule has 2 N–H and O–H groups in total. The molecule has 2 aromatic carbocycles. The molecule has 1 amide bonds. The summed E-state index contributed by atoms with van der Waals surface area (Å²) in [5.74, 6) is -2.70. The number of carbonyl (C=O) groups excluding carboxylic acids is 2.